The maximum Gasteiger partial charge on any atom is 0.325 e. The van der Waals surface area contributed by atoms with Crippen molar-refractivity contribution in [3.05, 3.63) is 29.6 Å². The molecule has 0 aromatic heterocycles. The fourth-order valence-electron chi connectivity index (χ4n) is 7.00. The van der Waals surface area contributed by atoms with Crippen molar-refractivity contribution < 1.29 is 23.5 Å². The van der Waals surface area contributed by atoms with Gasteiger partial charge in [0.25, 0.3) is 0 Å². The number of hydrogen-bond donors (Lipinski definition) is 2. The van der Waals surface area contributed by atoms with Crippen molar-refractivity contribution in [3.8, 4) is 17.6 Å². The van der Waals surface area contributed by atoms with Gasteiger partial charge in [0.1, 0.15) is 0 Å². The highest BCUT2D eigenvalue weighted by Crippen LogP contribution is 2.59. The average molecular weight is 505 g/mol. The van der Waals surface area contributed by atoms with Gasteiger partial charge in [-0.1, -0.05) is 56.8 Å². The SMILES string of the molecule is O=P(O)(O)CCCCCCCCCCCOc1ccc(C#CC23CC4CC(CC(C4)C2)C3)cc1F. The van der Waals surface area contributed by atoms with E-state index in [1.54, 1.807) is 6.07 Å². The zero-order valence-electron chi connectivity index (χ0n) is 21.0. The minimum absolute atomic E-state index is 0.00552. The van der Waals surface area contributed by atoms with Crippen LogP contribution in [-0.4, -0.2) is 22.6 Å². The molecule has 1 aromatic rings. The molecule has 4 nitrogen and oxygen atoms in total. The molecule has 35 heavy (non-hydrogen) atoms. The van der Waals surface area contributed by atoms with E-state index in [1.807, 2.05) is 6.07 Å². The maximum atomic E-state index is 14.6. The summed E-state index contributed by atoms with van der Waals surface area (Å²) in [6.07, 6.45) is 17.0. The Labute approximate surface area is 210 Å². The van der Waals surface area contributed by atoms with Gasteiger partial charge in [-0.2, -0.15) is 0 Å². The average Bonchev–Trinajstić information content (AvgIpc) is 2.78. The van der Waals surface area contributed by atoms with Gasteiger partial charge in [-0.25, -0.2) is 4.39 Å². The highest BCUT2D eigenvalue weighted by atomic mass is 31.2. The highest BCUT2D eigenvalue weighted by Gasteiger charge is 2.50. The molecule has 4 aliphatic rings. The minimum atomic E-state index is -3.83. The van der Waals surface area contributed by atoms with Crippen molar-refractivity contribution in [2.75, 3.05) is 12.8 Å². The molecule has 0 saturated heterocycles. The van der Waals surface area contributed by atoms with Gasteiger partial charge in [0.2, 0.25) is 0 Å². The molecule has 0 radical (unpaired) electrons. The van der Waals surface area contributed by atoms with E-state index in [0.29, 0.717) is 18.8 Å². The molecule has 4 bridgehead atoms. The van der Waals surface area contributed by atoms with Crippen LogP contribution in [0.25, 0.3) is 0 Å². The molecule has 0 atom stereocenters. The minimum Gasteiger partial charge on any atom is -0.491 e. The Kier molecular flexibility index (Phi) is 9.36. The fourth-order valence-corrected chi connectivity index (χ4v) is 7.64. The molecule has 0 aliphatic heterocycles. The Morgan fingerprint density at radius 3 is 1.97 bits per heavy atom. The number of hydrogen-bond acceptors (Lipinski definition) is 2. The Balaban J connectivity index is 1.09. The molecule has 2 N–H and O–H groups in total. The molecule has 1 aromatic carbocycles. The molecule has 0 amide bonds. The molecular weight excluding hydrogens is 462 g/mol. The molecule has 0 unspecified atom stereocenters. The van der Waals surface area contributed by atoms with Crippen molar-refractivity contribution in [1.82, 2.24) is 0 Å². The van der Waals surface area contributed by atoms with Gasteiger partial charge in [0.05, 0.1) is 6.61 Å². The van der Waals surface area contributed by atoms with E-state index in [-0.39, 0.29) is 17.4 Å². The lowest BCUT2D eigenvalue weighted by atomic mass is 9.50. The lowest BCUT2D eigenvalue weighted by molar-refractivity contribution is -0.0181. The molecule has 6 heteroatoms. The topological polar surface area (TPSA) is 66.8 Å². The van der Waals surface area contributed by atoms with Crippen LogP contribution in [0.1, 0.15) is 102 Å². The summed E-state index contributed by atoms with van der Waals surface area (Å²) in [5.74, 6) is 9.52. The summed E-state index contributed by atoms with van der Waals surface area (Å²) in [5.41, 5.74) is 0.943. The number of rotatable bonds is 13. The van der Waals surface area contributed by atoms with Crippen LogP contribution in [0.4, 0.5) is 4.39 Å². The Bertz CT molecular complexity index is 908. The van der Waals surface area contributed by atoms with Gasteiger partial charge in [0.15, 0.2) is 11.6 Å². The molecule has 4 fully saturated rings. The fraction of sp³-hybridized carbons (Fsp3) is 0.724. The van der Waals surface area contributed by atoms with Gasteiger partial charge in [0, 0.05) is 17.1 Å². The Hall–Kier alpha value is -1.34. The summed E-state index contributed by atoms with van der Waals surface area (Å²) >= 11 is 0. The molecule has 0 spiro atoms. The van der Waals surface area contributed by atoms with Crippen LogP contribution in [0.5, 0.6) is 5.75 Å². The summed E-state index contributed by atoms with van der Waals surface area (Å²) in [5, 5.41) is 0. The van der Waals surface area contributed by atoms with E-state index in [1.165, 1.54) is 44.6 Å². The van der Waals surface area contributed by atoms with Crippen molar-refractivity contribution in [2.24, 2.45) is 23.2 Å². The molecule has 4 aliphatic carbocycles. The number of benzene rings is 1. The van der Waals surface area contributed by atoms with Gasteiger partial charge in [-0.3, -0.25) is 4.57 Å². The molecule has 194 valence electrons. The predicted molar refractivity (Wildman–Crippen MR) is 138 cm³/mol. The Morgan fingerprint density at radius 1 is 0.886 bits per heavy atom. The third kappa shape index (κ3) is 8.34. The lowest BCUT2D eigenvalue weighted by Crippen LogP contribution is -2.45. The third-order valence-corrected chi connectivity index (χ3v) is 9.19. The second kappa shape index (κ2) is 12.3. The lowest BCUT2D eigenvalue weighted by Gasteiger charge is -2.54. The van der Waals surface area contributed by atoms with Gasteiger partial charge in [-0.05, 0) is 87.3 Å². The van der Waals surface area contributed by atoms with Crippen molar-refractivity contribution in [3.63, 3.8) is 0 Å². The van der Waals surface area contributed by atoms with Gasteiger partial charge < -0.3 is 14.5 Å². The molecular formula is C29H42FO4P. The van der Waals surface area contributed by atoms with Crippen LogP contribution in [0.15, 0.2) is 18.2 Å². The first-order chi connectivity index (χ1) is 16.8. The highest BCUT2D eigenvalue weighted by molar-refractivity contribution is 7.51. The second-order valence-corrected chi connectivity index (χ2v) is 13.3. The monoisotopic (exact) mass is 504 g/mol. The first-order valence-corrected chi connectivity index (χ1v) is 15.6. The van der Waals surface area contributed by atoms with E-state index in [2.05, 4.69) is 11.8 Å². The van der Waals surface area contributed by atoms with E-state index in [9.17, 15) is 8.96 Å². The molecule has 5 rings (SSSR count). The first kappa shape index (κ1) is 26.7. The molecule has 0 heterocycles. The number of halogens is 1. The predicted octanol–water partition coefficient (Wildman–Crippen LogP) is 7.46. The van der Waals surface area contributed by atoms with Crippen LogP contribution in [0.2, 0.25) is 0 Å². The second-order valence-electron chi connectivity index (χ2n) is 11.5. The van der Waals surface area contributed by atoms with Crippen molar-refractivity contribution in [2.45, 2.75) is 96.3 Å². The van der Waals surface area contributed by atoms with Crippen LogP contribution in [-0.2, 0) is 4.57 Å². The number of unbranched alkanes of at least 4 members (excludes halogenated alkanes) is 8. The molecule has 4 saturated carbocycles. The standard InChI is InChI=1S/C29H42FO4P/c30-27-19-23(12-13-29-20-24-16-25(21-29)18-26(17-24)22-29)10-11-28(27)34-14-8-6-4-2-1-3-5-7-9-15-35(31,32)33/h10-11,19,24-26H,1-9,14-18,20-22H2,(H2,31,32,33). The van der Waals surface area contributed by atoms with Gasteiger partial charge >= 0.3 is 7.60 Å². The zero-order chi connectivity index (χ0) is 24.7. The van der Waals surface area contributed by atoms with E-state index in [4.69, 9.17) is 14.5 Å². The summed E-state index contributed by atoms with van der Waals surface area (Å²) in [7, 11) is -3.83. The third-order valence-electron chi connectivity index (χ3n) is 8.29. The summed E-state index contributed by atoms with van der Waals surface area (Å²) in [6, 6.07) is 5.15. The summed E-state index contributed by atoms with van der Waals surface area (Å²) in [6.45, 7) is 0.525. The van der Waals surface area contributed by atoms with Crippen LogP contribution >= 0.6 is 7.60 Å². The van der Waals surface area contributed by atoms with Crippen molar-refractivity contribution >= 4 is 7.60 Å². The first-order valence-electron chi connectivity index (χ1n) is 13.8. The largest absolute Gasteiger partial charge is 0.491 e. The quantitative estimate of drug-likeness (QED) is 0.166. The maximum absolute atomic E-state index is 14.6. The van der Waals surface area contributed by atoms with E-state index < -0.39 is 7.60 Å². The smallest absolute Gasteiger partial charge is 0.325 e. The normalized spacial score (nSPS) is 27.0. The van der Waals surface area contributed by atoms with Crippen LogP contribution in [0.3, 0.4) is 0 Å². The van der Waals surface area contributed by atoms with Crippen molar-refractivity contribution in [1.29, 1.82) is 0 Å². The van der Waals surface area contributed by atoms with E-state index >= 15 is 0 Å². The van der Waals surface area contributed by atoms with Crippen LogP contribution < -0.4 is 4.74 Å². The zero-order valence-corrected chi connectivity index (χ0v) is 21.9. The summed E-state index contributed by atoms with van der Waals surface area (Å²) < 4.78 is 31.0. The van der Waals surface area contributed by atoms with Crippen LogP contribution in [0, 0.1) is 40.8 Å². The Morgan fingerprint density at radius 2 is 1.43 bits per heavy atom. The van der Waals surface area contributed by atoms with Gasteiger partial charge in [-0.15, -0.1) is 0 Å². The summed E-state index contributed by atoms with van der Waals surface area (Å²) in [4.78, 5) is 17.7. The number of ether oxygens (including phenoxy) is 1. The van der Waals surface area contributed by atoms with E-state index in [0.717, 1.165) is 74.7 Å².